The smallest absolute Gasteiger partial charge is 0.250 e. The van der Waals surface area contributed by atoms with Crippen LogP contribution in [0.5, 0.6) is 0 Å². The molecule has 0 aliphatic heterocycles. The molecule has 0 aromatic heterocycles. The van der Waals surface area contributed by atoms with Gasteiger partial charge in [-0.05, 0) is 38.0 Å². The largest absolute Gasteiger partial charge is 0.397 e. The van der Waals surface area contributed by atoms with Gasteiger partial charge in [0.2, 0.25) is 5.91 Å². The number of ether oxygens (including phenoxy) is 1. The first-order valence-electron chi connectivity index (χ1n) is 5.29. The molecule has 0 aliphatic rings. The van der Waals surface area contributed by atoms with E-state index in [9.17, 15) is 4.79 Å². The maximum absolute atomic E-state index is 11.5. The van der Waals surface area contributed by atoms with Crippen molar-refractivity contribution >= 4 is 17.3 Å². The molecule has 4 heteroatoms. The van der Waals surface area contributed by atoms with Crippen LogP contribution in [0.2, 0.25) is 0 Å². The average molecular weight is 222 g/mol. The van der Waals surface area contributed by atoms with E-state index in [-0.39, 0.29) is 12.5 Å². The van der Waals surface area contributed by atoms with Gasteiger partial charge in [0.1, 0.15) is 6.61 Å². The first kappa shape index (κ1) is 12.5. The molecule has 1 aromatic carbocycles. The summed E-state index contributed by atoms with van der Waals surface area (Å²) in [6.07, 6.45) is 0. The highest BCUT2D eigenvalue weighted by Crippen LogP contribution is 2.25. The summed E-state index contributed by atoms with van der Waals surface area (Å²) in [7, 11) is 0. The monoisotopic (exact) mass is 222 g/mol. The number of anilines is 2. The number of aryl methyl sites for hydroxylation is 1. The summed E-state index contributed by atoms with van der Waals surface area (Å²) in [6, 6.07) is 3.72. The Hall–Kier alpha value is -1.55. The highest BCUT2D eigenvalue weighted by Gasteiger charge is 2.09. The first-order valence-corrected chi connectivity index (χ1v) is 5.29. The molecule has 0 bridgehead atoms. The van der Waals surface area contributed by atoms with Crippen LogP contribution >= 0.6 is 0 Å². The summed E-state index contributed by atoms with van der Waals surface area (Å²) in [5.74, 6) is -0.178. The van der Waals surface area contributed by atoms with Gasteiger partial charge in [0.05, 0.1) is 11.4 Å². The molecule has 0 heterocycles. The molecule has 1 aromatic rings. The van der Waals surface area contributed by atoms with Crippen molar-refractivity contribution < 1.29 is 9.53 Å². The van der Waals surface area contributed by atoms with Gasteiger partial charge in [0, 0.05) is 6.61 Å². The van der Waals surface area contributed by atoms with Crippen molar-refractivity contribution in [1.82, 2.24) is 0 Å². The third-order valence-electron chi connectivity index (χ3n) is 2.47. The van der Waals surface area contributed by atoms with E-state index in [0.717, 1.165) is 11.1 Å². The molecule has 0 unspecified atom stereocenters. The number of amides is 1. The van der Waals surface area contributed by atoms with E-state index in [1.54, 1.807) is 6.07 Å². The molecule has 0 saturated carbocycles. The maximum Gasteiger partial charge on any atom is 0.250 e. The molecular formula is C12H18N2O2. The molecule has 4 nitrogen and oxygen atoms in total. The Labute approximate surface area is 95.8 Å². The Morgan fingerprint density at radius 2 is 2.12 bits per heavy atom. The lowest BCUT2D eigenvalue weighted by atomic mass is 10.1. The van der Waals surface area contributed by atoms with Gasteiger partial charge in [0.15, 0.2) is 0 Å². The molecule has 3 N–H and O–H groups in total. The van der Waals surface area contributed by atoms with Crippen molar-refractivity contribution in [3.05, 3.63) is 23.3 Å². The Balaban J connectivity index is 2.80. The van der Waals surface area contributed by atoms with Crippen molar-refractivity contribution in [3.63, 3.8) is 0 Å². The van der Waals surface area contributed by atoms with Crippen LogP contribution in [-0.2, 0) is 9.53 Å². The minimum Gasteiger partial charge on any atom is -0.397 e. The van der Waals surface area contributed by atoms with Crippen LogP contribution in [0.1, 0.15) is 18.1 Å². The number of carbonyl (C=O) groups excluding carboxylic acids is 1. The summed E-state index contributed by atoms with van der Waals surface area (Å²) >= 11 is 0. The molecule has 0 aliphatic carbocycles. The normalized spacial score (nSPS) is 10.2. The predicted molar refractivity (Wildman–Crippen MR) is 65.5 cm³/mol. The molecule has 88 valence electrons. The minimum atomic E-state index is -0.178. The SMILES string of the molecule is CCOCC(=O)Nc1c(N)ccc(C)c1C. The van der Waals surface area contributed by atoms with Crippen molar-refractivity contribution in [2.75, 3.05) is 24.3 Å². The summed E-state index contributed by atoms with van der Waals surface area (Å²) in [6.45, 7) is 6.34. The van der Waals surface area contributed by atoms with Crippen molar-refractivity contribution in [3.8, 4) is 0 Å². The van der Waals surface area contributed by atoms with Gasteiger partial charge in [-0.2, -0.15) is 0 Å². The minimum absolute atomic E-state index is 0.0589. The maximum atomic E-state index is 11.5. The van der Waals surface area contributed by atoms with E-state index < -0.39 is 0 Å². The predicted octanol–water partition coefficient (Wildman–Crippen LogP) is 1.86. The molecule has 1 rings (SSSR count). The molecular weight excluding hydrogens is 204 g/mol. The fraction of sp³-hybridized carbons (Fsp3) is 0.417. The highest BCUT2D eigenvalue weighted by atomic mass is 16.5. The summed E-state index contributed by atoms with van der Waals surface area (Å²) < 4.78 is 5.02. The van der Waals surface area contributed by atoms with Gasteiger partial charge in [-0.25, -0.2) is 0 Å². The lowest BCUT2D eigenvalue weighted by Gasteiger charge is -2.13. The fourth-order valence-corrected chi connectivity index (χ4v) is 1.37. The zero-order valence-corrected chi connectivity index (χ0v) is 9.96. The van der Waals surface area contributed by atoms with E-state index >= 15 is 0 Å². The van der Waals surface area contributed by atoms with Gasteiger partial charge >= 0.3 is 0 Å². The molecule has 1 amide bonds. The number of rotatable bonds is 4. The second-order valence-electron chi connectivity index (χ2n) is 3.66. The number of hydrogen-bond acceptors (Lipinski definition) is 3. The van der Waals surface area contributed by atoms with Gasteiger partial charge in [-0.1, -0.05) is 6.07 Å². The number of nitrogens with two attached hydrogens (primary N) is 1. The standard InChI is InChI=1S/C12H18N2O2/c1-4-16-7-11(15)14-12-9(3)8(2)5-6-10(12)13/h5-6H,4,7,13H2,1-3H3,(H,14,15). The van der Waals surface area contributed by atoms with Crippen LogP contribution in [0.3, 0.4) is 0 Å². The van der Waals surface area contributed by atoms with E-state index in [0.29, 0.717) is 18.0 Å². The van der Waals surface area contributed by atoms with E-state index in [2.05, 4.69) is 5.32 Å². The summed E-state index contributed by atoms with van der Waals surface area (Å²) in [4.78, 5) is 11.5. The molecule has 0 saturated heterocycles. The van der Waals surface area contributed by atoms with Crippen LogP contribution in [0.25, 0.3) is 0 Å². The van der Waals surface area contributed by atoms with Gasteiger partial charge in [-0.15, -0.1) is 0 Å². The number of hydrogen-bond donors (Lipinski definition) is 2. The van der Waals surface area contributed by atoms with E-state index in [1.165, 1.54) is 0 Å². The van der Waals surface area contributed by atoms with Crippen LogP contribution in [0.15, 0.2) is 12.1 Å². The second-order valence-corrected chi connectivity index (χ2v) is 3.66. The second kappa shape index (κ2) is 5.51. The number of carbonyl (C=O) groups is 1. The molecule has 0 radical (unpaired) electrons. The average Bonchev–Trinajstić information content (AvgIpc) is 2.27. The molecule has 0 atom stereocenters. The van der Waals surface area contributed by atoms with E-state index in [4.69, 9.17) is 10.5 Å². The molecule has 0 spiro atoms. The van der Waals surface area contributed by atoms with Crippen molar-refractivity contribution in [2.45, 2.75) is 20.8 Å². The van der Waals surface area contributed by atoms with Crippen LogP contribution in [0, 0.1) is 13.8 Å². The quantitative estimate of drug-likeness (QED) is 0.764. The topological polar surface area (TPSA) is 64.3 Å². The van der Waals surface area contributed by atoms with Crippen molar-refractivity contribution in [2.24, 2.45) is 0 Å². The number of nitrogen functional groups attached to an aromatic ring is 1. The number of nitrogens with one attached hydrogen (secondary N) is 1. The Kier molecular flexibility index (Phi) is 4.31. The van der Waals surface area contributed by atoms with Gasteiger partial charge in [-0.3, -0.25) is 4.79 Å². The zero-order valence-electron chi connectivity index (χ0n) is 9.96. The summed E-state index contributed by atoms with van der Waals surface area (Å²) in [5.41, 5.74) is 9.16. The van der Waals surface area contributed by atoms with Crippen LogP contribution in [-0.4, -0.2) is 19.1 Å². The highest BCUT2D eigenvalue weighted by molar-refractivity contribution is 5.95. The number of benzene rings is 1. The Bertz CT molecular complexity index is 389. The third kappa shape index (κ3) is 2.97. The Morgan fingerprint density at radius 1 is 1.44 bits per heavy atom. The lowest BCUT2D eigenvalue weighted by molar-refractivity contribution is -0.120. The van der Waals surface area contributed by atoms with Gasteiger partial charge < -0.3 is 15.8 Å². The summed E-state index contributed by atoms with van der Waals surface area (Å²) in [5, 5.41) is 2.77. The molecule has 16 heavy (non-hydrogen) atoms. The fourth-order valence-electron chi connectivity index (χ4n) is 1.37. The van der Waals surface area contributed by atoms with Gasteiger partial charge in [0.25, 0.3) is 0 Å². The lowest BCUT2D eigenvalue weighted by Crippen LogP contribution is -2.19. The molecule has 0 fully saturated rings. The third-order valence-corrected chi connectivity index (χ3v) is 2.47. The van der Waals surface area contributed by atoms with E-state index in [1.807, 2.05) is 26.8 Å². The van der Waals surface area contributed by atoms with Crippen molar-refractivity contribution in [1.29, 1.82) is 0 Å². The Morgan fingerprint density at radius 3 is 2.75 bits per heavy atom. The zero-order chi connectivity index (χ0) is 12.1. The first-order chi connectivity index (χ1) is 7.56. The van der Waals surface area contributed by atoms with Crippen LogP contribution < -0.4 is 11.1 Å². The van der Waals surface area contributed by atoms with Crippen LogP contribution in [0.4, 0.5) is 11.4 Å².